The number of hydrogen-bond donors (Lipinski definition) is 2. The van der Waals surface area contributed by atoms with Gasteiger partial charge in [0.25, 0.3) is 5.91 Å². The number of halogens is 1. The summed E-state index contributed by atoms with van der Waals surface area (Å²) < 4.78 is 25.6. The van der Waals surface area contributed by atoms with Gasteiger partial charge in [0.05, 0.1) is 10.6 Å². The average molecular weight is 452 g/mol. The number of aliphatic hydroxyl groups is 1. The van der Waals surface area contributed by atoms with Crippen molar-refractivity contribution in [2.75, 3.05) is 38.6 Å². The summed E-state index contributed by atoms with van der Waals surface area (Å²) in [7, 11) is -3.82. The normalized spacial score (nSPS) is 20.0. The van der Waals surface area contributed by atoms with Crippen LogP contribution in [-0.2, 0) is 14.6 Å². The van der Waals surface area contributed by atoms with E-state index in [9.17, 15) is 18.3 Å². The van der Waals surface area contributed by atoms with Gasteiger partial charge >= 0.3 is 0 Å². The fourth-order valence-corrected chi connectivity index (χ4v) is 5.77. The fraction of sp³-hybridized carbons (Fsp3) is 0.476. The van der Waals surface area contributed by atoms with E-state index in [0.717, 1.165) is 43.4 Å². The summed E-state index contributed by atoms with van der Waals surface area (Å²) in [4.78, 5) is 16.7. The SMILES string of the molecule is O=C([C@H](O)CS(=O)(=O)c1ccc2cc(Cl)ccc2c1)N1CCC(N2CCNC2)CC1. The van der Waals surface area contributed by atoms with Crippen molar-refractivity contribution in [3.05, 3.63) is 41.4 Å². The van der Waals surface area contributed by atoms with Gasteiger partial charge in [0, 0.05) is 43.9 Å². The quantitative estimate of drug-likeness (QED) is 0.715. The molecule has 0 saturated carbocycles. The number of likely N-dealkylation sites (tertiary alicyclic amines) is 1. The van der Waals surface area contributed by atoms with E-state index in [4.69, 9.17) is 11.6 Å². The lowest BCUT2D eigenvalue weighted by atomic mass is 10.0. The predicted molar refractivity (Wildman–Crippen MR) is 116 cm³/mol. The van der Waals surface area contributed by atoms with Crippen molar-refractivity contribution in [1.29, 1.82) is 0 Å². The maximum atomic E-state index is 12.8. The van der Waals surface area contributed by atoms with Crippen LogP contribution in [0, 0.1) is 0 Å². The monoisotopic (exact) mass is 451 g/mol. The minimum atomic E-state index is -3.82. The van der Waals surface area contributed by atoms with Crippen LogP contribution in [0.5, 0.6) is 0 Å². The van der Waals surface area contributed by atoms with Crippen molar-refractivity contribution in [2.24, 2.45) is 0 Å². The number of rotatable bonds is 5. The molecule has 162 valence electrons. The number of carbonyl (C=O) groups is 1. The smallest absolute Gasteiger partial charge is 0.252 e. The van der Waals surface area contributed by atoms with Crippen molar-refractivity contribution in [1.82, 2.24) is 15.1 Å². The first-order valence-electron chi connectivity index (χ1n) is 10.2. The molecule has 0 radical (unpaired) electrons. The third-order valence-corrected chi connectivity index (χ3v) is 7.94. The van der Waals surface area contributed by atoms with Crippen LogP contribution in [0.1, 0.15) is 12.8 Å². The van der Waals surface area contributed by atoms with Crippen LogP contribution in [-0.4, -0.2) is 80.0 Å². The molecule has 4 rings (SSSR count). The zero-order valence-electron chi connectivity index (χ0n) is 16.6. The summed E-state index contributed by atoms with van der Waals surface area (Å²) in [5, 5.41) is 15.8. The molecule has 2 N–H and O–H groups in total. The molecule has 2 aromatic carbocycles. The highest BCUT2D eigenvalue weighted by Gasteiger charge is 2.33. The standard InChI is InChI=1S/C21H26ClN3O4S/c22-17-3-1-16-12-19(4-2-15(16)11-17)30(28,29)13-20(26)21(27)24-8-5-18(6-9-24)25-10-7-23-14-25/h1-4,11-12,18,20,23,26H,5-10,13-14H2/t20-/m1/s1. The van der Waals surface area contributed by atoms with Crippen LogP contribution in [0.4, 0.5) is 0 Å². The summed E-state index contributed by atoms with van der Waals surface area (Å²) in [5.41, 5.74) is 0. The van der Waals surface area contributed by atoms with E-state index in [2.05, 4.69) is 10.2 Å². The van der Waals surface area contributed by atoms with Crippen LogP contribution < -0.4 is 5.32 Å². The van der Waals surface area contributed by atoms with Crippen molar-refractivity contribution >= 4 is 38.1 Å². The molecular formula is C21H26ClN3O4S. The Morgan fingerprint density at radius 1 is 1.13 bits per heavy atom. The molecule has 2 fully saturated rings. The van der Waals surface area contributed by atoms with Crippen molar-refractivity contribution in [3.63, 3.8) is 0 Å². The van der Waals surface area contributed by atoms with Gasteiger partial charge in [-0.05, 0) is 47.9 Å². The number of hydrogen-bond acceptors (Lipinski definition) is 6. The molecule has 0 aromatic heterocycles. The molecule has 2 heterocycles. The molecule has 9 heteroatoms. The maximum Gasteiger partial charge on any atom is 0.252 e. The number of aliphatic hydroxyl groups excluding tert-OH is 1. The summed E-state index contributed by atoms with van der Waals surface area (Å²) in [5.74, 6) is -1.13. The Hall–Kier alpha value is -1.71. The van der Waals surface area contributed by atoms with Gasteiger partial charge in [0.2, 0.25) is 0 Å². The summed E-state index contributed by atoms with van der Waals surface area (Å²) in [6.07, 6.45) is 0.0983. The summed E-state index contributed by atoms with van der Waals surface area (Å²) in [6.45, 7) is 3.94. The number of piperidine rings is 1. The Morgan fingerprint density at radius 3 is 2.53 bits per heavy atom. The number of sulfone groups is 1. The van der Waals surface area contributed by atoms with Gasteiger partial charge in [-0.15, -0.1) is 0 Å². The van der Waals surface area contributed by atoms with E-state index in [1.807, 2.05) is 0 Å². The lowest BCUT2D eigenvalue weighted by molar-refractivity contribution is -0.140. The highest BCUT2D eigenvalue weighted by Crippen LogP contribution is 2.24. The van der Waals surface area contributed by atoms with Crippen LogP contribution in [0.3, 0.4) is 0 Å². The predicted octanol–water partition coefficient (Wildman–Crippen LogP) is 1.48. The Bertz CT molecular complexity index is 1030. The fourth-order valence-electron chi connectivity index (χ4n) is 4.26. The van der Waals surface area contributed by atoms with E-state index in [1.165, 1.54) is 6.07 Å². The van der Waals surface area contributed by atoms with E-state index in [-0.39, 0.29) is 4.90 Å². The summed E-state index contributed by atoms with van der Waals surface area (Å²) in [6, 6.07) is 10.3. The highest BCUT2D eigenvalue weighted by atomic mass is 35.5. The second-order valence-corrected chi connectivity index (χ2v) is 10.4. The van der Waals surface area contributed by atoms with Gasteiger partial charge < -0.3 is 15.3 Å². The third-order valence-electron chi connectivity index (χ3n) is 5.98. The van der Waals surface area contributed by atoms with E-state index in [1.54, 1.807) is 35.2 Å². The van der Waals surface area contributed by atoms with Gasteiger partial charge in [0.15, 0.2) is 9.84 Å². The molecule has 1 atom stereocenters. The van der Waals surface area contributed by atoms with Crippen LogP contribution in [0.25, 0.3) is 10.8 Å². The van der Waals surface area contributed by atoms with Crippen LogP contribution >= 0.6 is 11.6 Å². The molecule has 2 aliphatic heterocycles. The lowest BCUT2D eigenvalue weighted by Gasteiger charge is -2.37. The molecule has 2 aliphatic rings. The second kappa shape index (κ2) is 8.80. The van der Waals surface area contributed by atoms with Gasteiger partial charge in [-0.2, -0.15) is 0 Å². The number of fused-ring (bicyclic) bond motifs is 1. The molecular weight excluding hydrogens is 426 g/mol. The van der Waals surface area contributed by atoms with E-state index >= 15 is 0 Å². The Morgan fingerprint density at radius 2 is 1.83 bits per heavy atom. The molecule has 0 aliphatic carbocycles. The average Bonchev–Trinajstić information content (AvgIpc) is 3.27. The molecule has 2 aromatic rings. The number of carbonyl (C=O) groups excluding carboxylic acids is 1. The zero-order chi connectivity index (χ0) is 21.3. The van der Waals surface area contributed by atoms with Gasteiger partial charge in [-0.3, -0.25) is 9.69 Å². The largest absolute Gasteiger partial charge is 0.382 e. The first kappa shape index (κ1) is 21.5. The topological polar surface area (TPSA) is 89.9 Å². The third kappa shape index (κ3) is 4.63. The minimum absolute atomic E-state index is 0.0874. The first-order chi connectivity index (χ1) is 14.3. The number of nitrogens with one attached hydrogen (secondary N) is 1. The van der Waals surface area contributed by atoms with Crippen molar-refractivity contribution in [2.45, 2.75) is 29.9 Å². The highest BCUT2D eigenvalue weighted by molar-refractivity contribution is 7.91. The van der Waals surface area contributed by atoms with Crippen molar-refractivity contribution < 1.29 is 18.3 Å². The molecule has 7 nitrogen and oxygen atoms in total. The molecule has 30 heavy (non-hydrogen) atoms. The molecule has 2 saturated heterocycles. The maximum absolute atomic E-state index is 12.8. The Labute approximate surface area is 181 Å². The van der Waals surface area contributed by atoms with Crippen LogP contribution in [0.15, 0.2) is 41.3 Å². The Kier molecular flexibility index (Phi) is 6.31. The van der Waals surface area contributed by atoms with Gasteiger partial charge in [-0.1, -0.05) is 23.7 Å². The minimum Gasteiger partial charge on any atom is -0.382 e. The van der Waals surface area contributed by atoms with Gasteiger partial charge in [-0.25, -0.2) is 8.42 Å². The molecule has 1 amide bonds. The number of benzene rings is 2. The molecule has 0 unspecified atom stereocenters. The first-order valence-corrected chi connectivity index (χ1v) is 12.2. The number of amides is 1. The molecule has 0 bridgehead atoms. The molecule has 0 spiro atoms. The van der Waals surface area contributed by atoms with Crippen molar-refractivity contribution in [3.8, 4) is 0 Å². The van der Waals surface area contributed by atoms with E-state index in [0.29, 0.717) is 24.2 Å². The zero-order valence-corrected chi connectivity index (χ0v) is 18.2. The Balaban J connectivity index is 1.39. The van der Waals surface area contributed by atoms with E-state index < -0.39 is 27.6 Å². The van der Waals surface area contributed by atoms with Gasteiger partial charge in [0.1, 0.15) is 6.10 Å². The summed E-state index contributed by atoms with van der Waals surface area (Å²) >= 11 is 5.97. The number of nitrogens with zero attached hydrogens (tertiary/aromatic N) is 2. The second-order valence-electron chi connectivity index (χ2n) is 7.98. The lowest BCUT2D eigenvalue weighted by Crippen LogP contribution is -2.50. The van der Waals surface area contributed by atoms with Crippen LogP contribution in [0.2, 0.25) is 5.02 Å².